The smallest absolute Gasteiger partial charge is 0.218 e. The molecular weight excluding hydrogens is 254 g/mol. The maximum atomic E-state index is 11.9. The van der Waals surface area contributed by atoms with Crippen molar-refractivity contribution in [3.63, 3.8) is 0 Å². The van der Waals surface area contributed by atoms with Gasteiger partial charge in [-0.15, -0.1) is 0 Å². The Morgan fingerprint density at radius 3 is 2.70 bits per heavy atom. The van der Waals surface area contributed by atoms with Gasteiger partial charge in [-0.3, -0.25) is 14.9 Å². The molecule has 0 spiro atoms. The van der Waals surface area contributed by atoms with Crippen molar-refractivity contribution in [1.29, 1.82) is 0 Å². The molecule has 4 heteroatoms. The summed E-state index contributed by atoms with van der Waals surface area (Å²) in [5.74, 6) is 5.30. The summed E-state index contributed by atoms with van der Waals surface area (Å²) in [5, 5.41) is 10.8. The third-order valence-corrected chi connectivity index (χ3v) is 3.61. The highest BCUT2D eigenvalue weighted by molar-refractivity contribution is 5.82. The highest BCUT2D eigenvalue weighted by Gasteiger charge is 2.32. The fourth-order valence-electron chi connectivity index (χ4n) is 2.57. The normalized spacial score (nSPS) is 19.8. The lowest BCUT2D eigenvalue weighted by molar-refractivity contribution is -0.486. The molecule has 0 N–H and O–H groups in total. The van der Waals surface area contributed by atoms with Gasteiger partial charge in [0.1, 0.15) is 5.78 Å². The Balaban J connectivity index is 2.17. The predicted molar refractivity (Wildman–Crippen MR) is 75.6 cm³/mol. The van der Waals surface area contributed by atoms with Crippen molar-refractivity contribution in [2.24, 2.45) is 11.8 Å². The van der Waals surface area contributed by atoms with E-state index in [1.165, 1.54) is 0 Å². The van der Waals surface area contributed by atoms with Crippen LogP contribution in [0.15, 0.2) is 30.3 Å². The summed E-state index contributed by atoms with van der Waals surface area (Å²) in [7, 11) is 0. The number of carbonyl (C=O) groups is 1. The van der Waals surface area contributed by atoms with Crippen molar-refractivity contribution in [1.82, 2.24) is 0 Å². The second-order valence-electron chi connectivity index (χ2n) is 5.08. The van der Waals surface area contributed by atoms with Gasteiger partial charge in [0.25, 0.3) is 0 Å². The Labute approximate surface area is 118 Å². The van der Waals surface area contributed by atoms with Crippen molar-refractivity contribution in [2.75, 3.05) is 6.54 Å². The molecule has 104 valence electrons. The topological polar surface area (TPSA) is 60.2 Å². The molecule has 0 bridgehead atoms. The summed E-state index contributed by atoms with van der Waals surface area (Å²) >= 11 is 0. The van der Waals surface area contributed by atoms with E-state index in [4.69, 9.17) is 0 Å². The van der Waals surface area contributed by atoms with E-state index in [9.17, 15) is 14.9 Å². The molecule has 20 heavy (non-hydrogen) atoms. The summed E-state index contributed by atoms with van der Waals surface area (Å²) in [5.41, 5.74) is 0.823. The maximum Gasteiger partial charge on any atom is 0.218 e. The van der Waals surface area contributed by atoms with Crippen LogP contribution < -0.4 is 0 Å². The number of hydrogen-bond acceptors (Lipinski definition) is 3. The molecule has 1 aromatic carbocycles. The predicted octanol–water partition coefficient (Wildman–Crippen LogP) is 2.69. The van der Waals surface area contributed by atoms with Crippen LogP contribution >= 0.6 is 0 Å². The van der Waals surface area contributed by atoms with E-state index in [0.717, 1.165) is 24.8 Å². The molecule has 0 heterocycles. The second-order valence-corrected chi connectivity index (χ2v) is 5.08. The van der Waals surface area contributed by atoms with Gasteiger partial charge in [0, 0.05) is 22.8 Å². The summed E-state index contributed by atoms with van der Waals surface area (Å²) in [4.78, 5) is 22.4. The molecule has 0 radical (unpaired) electrons. The number of ketones is 1. The van der Waals surface area contributed by atoms with E-state index in [1.54, 1.807) is 0 Å². The highest BCUT2D eigenvalue weighted by atomic mass is 16.6. The average Bonchev–Trinajstić information content (AvgIpc) is 2.45. The number of nitro groups is 1. The van der Waals surface area contributed by atoms with Gasteiger partial charge in [0.15, 0.2) is 0 Å². The van der Waals surface area contributed by atoms with Crippen LogP contribution in [0, 0.1) is 33.8 Å². The molecule has 1 aliphatic rings. The lowest BCUT2D eigenvalue weighted by Crippen LogP contribution is -2.30. The van der Waals surface area contributed by atoms with Gasteiger partial charge >= 0.3 is 0 Å². The number of benzene rings is 1. The zero-order chi connectivity index (χ0) is 14.4. The van der Waals surface area contributed by atoms with E-state index in [-0.39, 0.29) is 23.2 Å². The van der Waals surface area contributed by atoms with Crippen LogP contribution in [-0.4, -0.2) is 17.3 Å². The van der Waals surface area contributed by atoms with Crippen LogP contribution in [0.4, 0.5) is 0 Å². The Kier molecular flexibility index (Phi) is 4.89. The van der Waals surface area contributed by atoms with Crippen LogP contribution in [0.3, 0.4) is 0 Å². The van der Waals surface area contributed by atoms with Gasteiger partial charge in [0.2, 0.25) is 6.54 Å². The highest BCUT2D eigenvalue weighted by Crippen LogP contribution is 2.27. The average molecular weight is 271 g/mol. The fourth-order valence-corrected chi connectivity index (χ4v) is 2.57. The second kappa shape index (κ2) is 6.85. The monoisotopic (exact) mass is 271 g/mol. The molecule has 0 amide bonds. The number of rotatable bonds is 3. The van der Waals surface area contributed by atoms with Gasteiger partial charge < -0.3 is 0 Å². The van der Waals surface area contributed by atoms with Crippen LogP contribution in [0.1, 0.15) is 31.2 Å². The number of nitrogens with zero attached hydrogens (tertiary/aromatic N) is 1. The summed E-state index contributed by atoms with van der Waals surface area (Å²) in [6, 6.07) is 9.36. The minimum atomic E-state index is -0.474. The van der Waals surface area contributed by atoms with Crippen LogP contribution in [-0.2, 0) is 4.79 Å². The SMILES string of the molecule is O=C1CCCCC1C(C#Cc1ccccc1)C[N+](=O)[O-]. The molecular formula is C16H17NO3. The van der Waals surface area contributed by atoms with E-state index >= 15 is 0 Å². The Bertz CT molecular complexity index is 542. The van der Waals surface area contributed by atoms with Crippen LogP contribution in [0.25, 0.3) is 0 Å². The fraction of sp³-hybridized carbons (Fsp3) is 0.438. The van der Waals surface area contributed by atoms with Crippen molar-refractivity contribution in [3.05, 3.63) is 46.0 Å². The van der Waals surface area contributed by atoms with Crippen molar-refractivity contribution >= 4 is 5.78 Å². The van der Waals surface area contributed by atoms with Gasteiger partial charge in [-0.1, -0.05) is 36.5 Å². The van der Waals surface area contributed by atoms with E-state index in [0.29, 0.717) is 6.42 Å². The van der Waals surface area contributed by atoms with Crippen molar-refractivity contribution < 1.29 is 9.72 Å². The molecule has 1 aromatic rings. The minimum Gasteiger partial charge on any atom is -0.299 e. The molecule has 0 saturated heterocycles. The summed E-state index contributed by atoms with van der Waals surface area (Å²) in [6.45, 7) is -0.254. The first kappa shape index (κ1) is 14.3. The number of carbonyl (C=O) groups excluding carboxylic acids is 1. The molecule has 0 aromatic heterocycles. The first-order valence-corrected chi connectivity index (χ1v) is 6.88. The van der Waals surface area contributed by atoms with Crippen LogP contribution in [0.2, 0.25) is 0 Å². The standard InChI is InChI=1S/C16H17NO3/c18-16-9-5-4-8-15(16)14(12-17(19)20)11-10-13-6-2-1-3-7-13/h1-3,6-7,14-15H,4-5,8-9,12H2. The van der Waals surface area contributed by atoms with Gasteiger partial charge in [0.05, 0.1) is 5.92 Å². The zero-order valence-electron chi connectivity index (χ0n) is 11.2. The van der Waals surface area contributed by atoms with Gasteiger partial charge in [-0.25, -0.2) is 0 Å². The van der Waals surface area contributed by atoms with Crippen molar-refractivity contribution in [3.8, 4) is 11.8 Å². The molecule has 4 nitrogen and oxygen atoms in total. The van der Waals surface area contributed by atoms with E-state index in [2.05, 4.69) is 11.8 Å². The Hall–Kier alpha value is -2.15. The minimum absolute atomic E-state index is 0.130. The Morgan fingerprint density at radius 2 is 2.05 bits per heavy atom. The molecule has 0 aliphatic heterocycles. The van der Waals surface area contributed by atoms with E-state index < -0.39 is 5.92 Å². The zero-order valence-corrected chi connectivity index (χ0v) is 11.2. The largest absolute Gasteiger partial charge is 0.299 e. The van der Waals surface area contributed by atoms with Gasteiger partial charge in [-0.05, 0) is 25.0 Å². The maximum absolute atomic E-state index is 11.9. The molecule has 2 unspecified atom stereocenters. The molecule has 2 atom stereocenters. The molecule has 1 aliphatic carbocycles. The molecule has 2 rings (SSSR count). The number of Topliss-reactive ketones (excluding diaryl/α,β-unsaturated/α-hetero) is 1. The summed E-state index contributed by atoms with van der Waals surface area (Å²) < 4.78 is 0. The third kappa shape index (κ3) is 3.92. The quantitative estimate of drug-likeness (QED) is 0.482. The summed E-state index contributed by atoms with van der Waals surface area (Å²) in [6.07, 6.45) is 3.11. The van der Waals surface area contributed by atoms with Crippen LogP contribution in [0.5, 0.6) is 0 Å². The molecule has 1 saturated carbocycles. The van der Waals surface area contributed by atoms with Crippen molar-refractivity contribution in [2.45, 2.75) is 25.7 Å². The lowest BCUT2D eigenvalue weighted by Gasteiger charge is -2.23. The first-order valence-electron chi connectivity index (χ1n) is 6.88. The van der Waals surface area contributed by atoms with Gasteiger partial charge in [-0.2, -0.15) is 0 Å². The van der Waals surface area contributed by atoms with E-state index in [1.807, 2.05) is 30.3 Å². The Morgan fingerprint density at radius 1 is 1.30 bits per heavy atom. The molecule has 1 fully saturated rings. The number of hydrogen-bond donors (Lipinski definition) is 0. The first-order chi connectivity index (χ1) is 9.66. The third-order valence-electron chi connectivity index (χ3n) is 3.61. The lowest BCUT2D eigenvalue weighted by atomic mass is 9.79.